The monoisotopic (exact) mass is 456 g/mol. The molecule has 2 aromatic carbocycles. The third-order valence-electron chi connectivity index (χ3n) is 4.58. The van der Waals surface area contributed by atoms with E-state index in [2.05, 4.69) is 10.6 Å². The molecule has 0 bridgehead atoms. The average Bonchev–Trinajstić information content (AvgIpc) is 2.69. The molecule has 0 aliphatic heterocycles. The van der Waals surface area contributed by atoms with Crippen LogP contribution < -0.4 is 10.6 Å². The normalized spacial score (nSPS) is 12.8. The van der Waals surface area contributed by atoms with Crippen LogP contribution in [-0.2, 0) is 11.2 Å². The van der Waals surface area contributed by atoms with Crippen molar-refractivity contribution in [1.29, 1.82) is 0 Å². The number of amides is 2. The van der Waals surface area contributed by atoms with E-state index in [4.69, 9.17) is 4.74 Å². The van der Waals surface area contributed by atoms with Crippen LogP contribution in [0.15, 0.2) is 53.4 Å². The Bertz CT molecular complexity index is 929. The van der Waals surface area contributed by atoms with E-state index in [0.717, 1.165) is 10.5 Å². The zero-order valence-corrected chi connectivity index (χ0v) is 21.1. The average molecular weight is 457 g/mol. The fourth-order valence-corrected chi connectivity index (χ4v) is 4.26. The maximum absolute atomic E-state index is 12.8. The van der Waals surface area contributed by atoms with E-state index in [0.29, 0.717) is 23.3 Å². The molecular weight excluding hydrogens is 420 g/mol. The van der Waals surface area contributed by atoms with Crippen molar-refractivity contribution in [3.05, 3.63) is 65.2 Å². The molecule has 1 unspecified atom stereocenters. The number of carbonyl (C=O) groups is 2. The lowest BCUT2D eigenvalue weighted by molar-refractivity contribution is 0.0905. The first kappa shape index (κ1) is 25.9. The van der Waals surface area contributed by atoms with E-state index in [1.807, 2.05) is 90.1 Å². The van der Waals surface area contributed by atoms with E-state index < -0.39 is 0 Å². The Morgan fingerprint density at radius 3 is 1.91 bits per heavy atom. The van der Waals surface area contributed by atoms with Crippen molar-refractivity contribution in [1.82, 2.24) is 10.6 Å². The molecule has 2 amide bonds. The highest BCUT2D eigenvalue weighted by atomic mass is 32.2. The summed E-state index contributed by atoms with van der Waals surface area (Å²) in [6, 6.07) is 15.2. The number of ether oxygens (including phenoxy) is 1. The van der Waals surface area contributed by atoms with Crippen molar-refractivity contribution in [3.63, 3.8) is 0 Å². The molecule has 0 aliphatic rings. The molecule has 6 heteroatoms. The maximum atomic E-state index is 12.8. The highest BCUT2D eigenvalue weighted by Crippen LogP contribution is 2.26. The van der Waals surface area contributed by atoms with Crippen molar-refractivity contribution in [3.8, 4) is 0 Å². The molecule has 1 atom stereocenters. The molecule has 0 saturated carbocycles. The fourth-order valence-electron chi connectivity index (χ4n) is 3.15. The minimum absolute atomic E-state index is 0.0835. The second-order valence-corrected chi connectivity index (χ2v) is 11.0. The quantitative estimate of drug-likeness (QED) is 0.543. The number of nitrogens with one attached hydrogen (secondary N) is 2. The van der Waals surface area contributed by atoms with Crippen molar-refractivity contribution < 1.29 is 14.3 Å². The minimum Gasteiger partial charge on any atom is -0.380 e. The standard InChI is InChI=1S/C26H36N2O3S/c1-25(2,3)27-23(29)20-13-9-8-12-18(20)16-19(31-7)17-32-22-15-11-10-14-21(22)24(30)28-26(4,5)6/h8-15,19H,16-17H2,1-7H3,(H,27,29)(H,28,30). The molecule has 5 nitrogen and oxygen atoms in total. The van der Waals surface area contributed by atoms with Crippen LogP contribution >= 0.6 is 11.8 Å². The van der Waals surface area contributed by atoms with Crippen LogP contribution in [0, 0.1) is 0 Å². The molecule has 0 aliphatic carbocycles. The van der Waals surface area contributed by atoms with Crippen LogP contribution in [0.3, 0.4) is 0 Å². The third kappa shape index (κ3) is 8.32. The number of hydrogen-bond acceptors (Lipinski definition) is 4. The summed E-state index contributed by atoms with van der Waals surface area (Å²) >= 11 is 1.59. The summed E-state index contributed by atoms with van der Waals surface area (Å²) in [5.41, 5.74) is 1.66. The molecule has 174 valence electrons. The Morgan fingerprint density at radius 1 is 0.844 bits per heavy atom. The van der Waals surface area contributed by atoms with Gasteiger partial charge in [0.05, 0.1) is 11.7 Å². The van der Waals surface area contributed by atoms with Crippen LogP contribution in [0.2, 0.25) is 0 Å². The molecule has 2 rings (SSSR count). The number of hydrogen-bond donors (Lipinski definition) is 2. The zero-order valence-electron chi connectivity index (χ0n) is 20.2. The van der Waals surface area contributed by atoms with Crippen LogP contribution in [-0.4, -0.2) is 41.9 Å². The topological polar surface area (TPSA) is 67.4 Å². The van der Waals surface area contributed by atoms with Crippen molar-refractivity contribution in [2.45, 2.75) is 70.0 Å². The Kier molecular flexibility index (Phi) is 8.93. The van der Waals surface area contributed by atoms with Gasteiger partial charge in [-0.15, -0.1) is 11.8 Å². The molecule has 0 heterocycles. The second kappa shape index (κ2) is 11.0. The molecule has 0 radical (unpaired) electrons. The first-order chi connectivity index (χ1) is 14.9. The van der Waals surface area contributed by atoms with Gasteiger partial charge < -0.3 is 15.4 Å². The number of benzene rings is 2. The SMILES string of the molecule is COC(CSc1ccccc1C(=O)NC(C)(C)C)Cc1ccccc1C(=O)NC(C)(C)C. The summed E-state index contributed by atoms with van der Waals surface area (Å²) in [6.07, 6.45) is 0.496. The van der Waals surface area contributed by atoms with Crippen molar-refractivity contribution in [2.75, 3.05) is 12.9 Å². The number of carbonyl (C=O) groups excluding carboxylic acids is 2. The van der Waals surface area contributed by atoms with Gasteiger partial charge in [0.15, 0.2) is 0 Å². The first-order valence-electron chi connectivity index (χ1n) is 10.9. The van der Waals surface area contributed by atoms with E-state index in [1.165, 1.54) is 0 Å². The predicted octanol–water partition coefficient (Wildman–Crippen LogP) is 5.09. The lowest BCUT2D eigenvalue weighted by Crippen LogP contribution is -2.41. The lowest BCUT2D eigenvalue weighted by Gasteiger charge is -2.23. The Labute approximate surface area is 196 Å². The summed E-state index contributed by atoms with van der Waals surface area (Å²) in [6.45, 7) is 11.8. The number of rotatable bonds is 8. The van der Waals surface area contributed by atoms with Gasteiger partial charge in [-0.25, -0.2) is 0 Å². The highest BCUT2D eigenvalue weighted by molar-refractivity contribution is 7.99. The zero-order chi connectivity index (χ0) is 23.9. The molecule has 0 fully saturated rings. The van der Waals surface area contributed by atoms with Gasteiger partial charge >= 0.3 is 0 Å². The lowest BCUT2D eigenvalue weighted by atomic mass is 10.00. The van der Waals surface area contributed by atoms with Crippen molar-refractivity contribution >= 4 is 23.6 Å². The van der Waals surface area contributed by atoms with E-state index in [9.17, 15) is 9.59 Å². The van der Waals surface area contributed by atoms with Gasteiger partial charge in [0.2, 0.25) is 0 Å². The minimum atomic E-state index is -0.307. The molecule has 0 saturated heterocycles. The van der Waals surface area contributed by atoms with Crippen LogP contribution in [0.1, 0.15) is 67.8 Å². The molecule has 0 spiro atoms. The fraction of sp³-hybridized carbons (Fsp3) is 0.462. The Hall–Kier alpha value is -2.31. The molecule has 32 heavy (non-hydrogen) atoms. The van der Waals surface area contributed by atoms with Gasteiger partial charge in [-0.05, 0) is 65.3 Å². The predicted molar refractivity (Wildman–Crippen MR) is 133 cm³/mol. The first-order valence-corrected chi connectivity index (χ1v) is 11.9. The summed E-state index contributed by atoms with van der Waals surface area (Å²) in [5, 5.41) is 6.06. The highest BCUT2D eigenvalue weighted by Gasteiger charge is 2.21. The summed E-state index contributed by atoms with van der Waals surface area (Å²) in [4.78, 5) is 26.4. The van der Waals surface area contributed by atoms with Gasteiger partial charge in [0, 0.05) is 40.8 Å². The summed E-state index contributed by atoms with van der Waals surface area (Å²) < 4.78 is 5.74. The van der Waals surface area contributed by atoms with E-state index in [-0.39, 0.29) is 29.0 Å². The summed E-state index contributed by atoms with van der Waals surface area (Å²) in [7, 11) is 1.68. The van der Waals surface area contributed by atoms with Crippen LogP contribution in [0.5, 0.6) is 0 Å². The van der Waals surface area contributed by atoms with E-state index >= 15 is 0 Å². The molecule has 2 N–H and O–H groups in total. The van der Waals surface area contributed by atoms with Crippen molar-refractivity contribution in [2.24, 2.45) is 0 Å². The largest absolute Gasteiger partial charge is 0.380 e. The van der Waals surface area contributed by atoms with Crippen LogP contribution in [0.25, 0.3) is 0 Å². The van der Waals surface area contributed by atoms with Gasteiger partial charge in [-0.2, -0.15) is 0 Å². The second-order valence-electron chi connectivity index (χ2n) is 9.93. The Morgan fingerprint density at radius 2 is 1.34 bits per heavy atom. The van der Waals surface area contributed by atoms with Crippen LogP contribution in [0.4, 0.5) is 0 Å². The van der Waals surface area contributed by atoms with Gasteiger partial charge in [-0.3, -0.25) is 9.59 Å². The molecule has 0 aromatic heterocycles. The van der Waals surface area contributed by atoms with Gasteiger partial charge in [0.25, 0.3) is 11.8 Å². The molecular formula is C26H36N2O3S. The Balaban J connectivity index is 2.13. The smallest absolute Gasteiger partial charge is 0.252 e. The van der Waals surface area contributed by atoms with E-state index in [1.54, 1.807) is 18.9 Å². The number of thioether (sulfide) groups is 1. The molecule has 2 aromatic rings. The number of methoxy groups -OCH3 is 1. The summed E-state index contributed by atoms with van der Waals surface area (Å²) in [5.74, 6) is 0.490. The van der Waals surface area contributed by atoms with Gasteiger partial charge in [-0.1, -0.05) is 30.3 Å². The van der Waals surface area contributed by atoms with Gasteiger partial charge in [0.1, 0.15) is 0 Å². The maximum Gasteiger partial charge on any atom is 0.252 e. The third-order valence-corrected chi connectivity index (χ3v) is 5.78.